The van der Waals surface area contributed by atoms with E-state index in [-0.39, 0.29) is 18.1 Å². The molecule has 1 aliphatic heterocycles. The highest BCUT2D eigenvalue weighted by molar-refractivity contribution is 8.15. The molecule has 5 nitrogen and oxygen atoms in total. The van der Waals surface area contributed by atoms with Crippen LogP contribution in [0.25, 0.3) is 0 Å². The summed E-state index contributed by atoms with van der Waals surface area (Å²) in [6.45, 7) is 0.384. The number of rotatable bonds is 4. The Balaban J connectivity index is 1.92. The van der Waals surface area contributed by atoms with Crippen molar-refractivity contribution in [3.8, 4) is 0 Å². The van der Waals surface area contributed by atoms with Crippen LogP contribution < -0.4 is 5.73 Å². The summed E-state index contributed by atoms with van der Waals surface area (Å²) in [5.74, 6) is -1.11. The van der Waals surface area contributed by atoms with Crippen LogP contribution >= 0.6 is 23.1 Å². The molecule has 1 aromatic carbocycles. The average molecular weight is 363 g/mol. The molecule has 124 valence electrons. The van der Waals surface area contributed by atoms with Crippen LogP contribution in [0.4, 0.5) is 10.1 Å². The van der Waals surface area contributed by atoms with Gasteiger partial charge in [0, 0.05) is 11.3 Å². The predicted molar refractivity (Wildman–Crippen MR) is 93.6 cm³/mol. The van der Waals surface area contributed by atoms with Gasteiger partial charge in [-0.05, 0) is 35.7 Å². The number of hydrogen-bond donors (Lipinski definition) is 1. The van der Waals surface area contributed by atoms with Gasteiger partial charge in [0.05, 0.1) is 17.5 Å². The fraction of sp³-hybridized carbons (Fsp3) is 0.188. The zero-order valence-electron chi connectivity index (χ0n) is 12.5. The second kappa shape index (κ2) is 7.14. The van der Waals surface area contributed by atoms with Gasteiger partial charge in [-0.15, -0.1) is 11.3 Å². The Bertz CT molecular complexity index is 775. The van der Waals surface area contributed by atoms with Crippen molar-refractivity contribution in [1.82, 2.24) is 4.90 Å². The largest absolute Gasteiger partial charge is 0.369 e. The third-order valence-electron chi connectivity index (χ3n) is 3.40. The van der Waals surface area contributed by atoms with Crippen molar-refractivity contribution >= 4 is 45.8 Å². The standard InChI is InChI=1S/C16H14FN3O2S2/c17-10-3-5-11(6-4-10)19-16-20(9-12-2-1-7-23-12)14(21)8-13(24-16)15(18)22/h1-7,13H,8-9H2,(H2,18,22). The van der Waals surface area contributed by atoms with Crippen molar-refractivity contribution < 1.29 is 14.0 Å². The Hall–Kier alpha value is -2.19. The van der Waals surface area contributed by atoms with Crippen LogP contribution in [0.1, 0.15) is 11.3 Å². The third kappa shape index (κ3) is 3.82. The first-order chi connectivity index (χ1) is 11.5. The molecular weight excluding hydrogens is 349 g/mol. The summed E-state index contributed by atoms with van der Waals surface area (Å²) in [4.78, 5) is 30.9. The van der Waals surface area contributed by atoms with Crippen molar-refractivity contribution in [2.24, 2.45) is 10.7 Å². The number of nitrogens with two attached hydrogens (primary N) is 1. The van der Waals surface area contributed by atoms with Gasteiger partial charge >= 0.3 is 0 Å². The van der Waals surface area contributed by atoms with Gasteiger partial charge in [0.15, 0.2) is 5.17 Å². The molecule has 2 aromatic rings. The first-order valence-electron chi connectivity index (χ1n) is 7.16. The molecule has 3 rings (SSSR count). The molecule has 1 unspecified atom stereocenters. The van der Waals surface area contributed by atoms with Crippen molar-refractivity contribution in [2.45, 2.75) is 18.2 Å². The molecule has 0 saturated carbocycles. The Kier molecular flexibility index (Phi) is 4.96. The van der Waals surface area contributed by atoms with E-state index in [4.69, 9.17) is 5.73 Å². The molecule has 2 N–H and O–H groups in total. The second-order valence-corrected chi connectivity index (χ2v) is 7.35. The number of thiophene rings is 1. The number of primary amides is 1. The maximum Gasteiger partial charge on any atom is 0.231 e. The van der Waals surface area contributed by atoms with Crippen LogP contribution in [0.2, 0.25) is 0 Å². The molecule has 0 radical (unpaired) electrons. The third-order valence-corrected chi connectivity index (χ3v) is 5.47. The van der Waals surface area contributed by atoms with E-state index in [0.29, 0.717) is 17.4 Å². The van der Waals surface area contributed by atoms with Gasteiger partial charge in [-0.1, -0.05) is 17.8 Å². The molecule has 8 heteroatoms. The Morgan fingerprint density at radius 3 is 2.71 bits per heavy atom. The predicted octanol–water partition coefficient (Wildman–Crippen LogP) is 2.89. The summed E-state index contributed by atoms with van der Waals surface area (Å²) in [6, 6.07) is 9.46. The molecule has 1 atom stereocenters. The molecule has 0 bridgehead atoms. The van der Waals surface area contributed by atoms with Gasteiger partial charge in [-0.3, -0.25) is 14.5 Å². The lowest BCUT2D eigenvalue weighted by Crippen LogP contribution is -2.45. The number of carbonyl (C=O) groups is 2. The van der Waals surface area contributed by atoms with Crippen molar-refractivity contribution in [3.05, 3.63) is 52.5 Å². The zero-order valence-corrected chi connectivity index (χ0v) is 14.1. The minimum Gasteiger partial charge on any atom is -0.369 e. The van der Waals surface area contributed by atoms with E-state index >= 15 is 0 Å². The number of halogens is 1. The topological polar surface area (TPSA) is 75.8 Å². The monoisotopic (exact) mass is 363 g/mol. The first-order valence-corrected chi connectivity index (χ1v) is 8.92. The molecule has 1 saturated heterocycles. The lowest BCUT2D eigenvalue weighted by atomic mass is 10.2. The van der Waals surface area contributed by atoms with Crippen LogP contribution in [0.5, 0.6) is 0 Å². The van der Waals surface area contributed by atoms with Gasteiger partial charge in [0.2, 0.25) is 11.8 Å². The zero-order chi connectivity index (χ0) is 17.1. The maximum absolute atomic E-state index is 13.0. The minimum absolute atomic E-state index is 0.0494. The molecular formula is C16H14FN3O2S2. The van der Waals surface area contributed by atoms with E-state index in [9.17, 15) is 14.0 Å². The van der Waals surface area contributed by atoms with Crippen LogP contribution in [0.3, 0.4) is 0 Å². The van der Waals surface area contributed by atoms with E-state index in [1.165, 1.54) is 35.6 Å². The van der Waals surface area contributed by atoms with Gasteiger partial charge in [-0.2, -0.15) is 0 Å². The van der Waals surface area contributed by atoms with E-state index in [1.54, 1.807) is 4.90 Å². The van der Waals surface area contributed by atoms with Crippen LogP contribution in [-0.2, 0) is 16.1 Å². The number of amidine groups is 1. The quantitative estimate of drug-likeness (QED) is 0.907. The second-order valence-electron chi connectivity index (χ2n) is 5.14. The van der Waals surface area contributed by atoms with E-state index < -0.39 is 11.2 Å². The maximum atomic E-state index is 13.0. The summed E-state index contributed by atoms with van der Waals surface area (Å²) < 4.78 is 13.0. The molecule has 2 amide bonds. The normalized spacial score (nSPS) is 19.7. The molecule has 24 heavy (non-hydrogen) atoms. The van der Waals surface area contributed by atoms with Crippen molar-refractivity contribution in [2.75, 3.05) is 0 Å². The summed E-state index contributed by atoms with van der Waals surface area (Å²) in [5.41, 5.74) is 5.86. The number of thioether (sulfide) groups is 1. The lowest BCUT2D eigenvalue weighted by Gasteiger charge is -2.30. The summed E-state index contributed by atoms with van der Waals surface area (Å²) in [5, 5.41) is 1.69. The summed E-state index contributed by atoms with van der Waals surface area (Å²) >= 11 is 2.70. The minimum atomic E-state index is -0.642. The van der Waals surface area contributed by atoms with Crippen LogP contribution in [0.15, 0.2) is 46.8 Å². The van der Waals surface area contributed by atoms with Gasteiger partial charge in [-0.25, -0.2) is 9.38 Å². The van der Waals surface area contributed by atoms with Crippen LogP contribution in [0, 0.1) is 5.82 Å². The molecule has 0 aliphatic carbocycles. The van der Waals surface area contributed by atoms with E-state index in [1.807, 2.05) is 17.5 Å². The number of carbonyl (C=O) groups excluding carboxylic acids is 2. The Labute approximate surface area is 146 Å². The average Bonchev–Trinajstić information content (AvgIpc) is 3.05. The summed E-state index contributed by atoms with van der Waals surface area (Å²) in [6.07, 6.45) is 0.0494. The number of benzene rings is 1. The first kappa shape index (κ1) is 16.7. The highest BCUT2D eigenvalue weighted by Crippen LogP contribution is 2.30. The SMILES string of the molecule is NC(=O)C1CC(=O)N(Cc2cccs2)C(=Nc2ccc(F)cc2)S1. The van der Waals surface area contributed by atoms with Crippen molar-refractivity contribution in [1.29, 1.82) is 0 Å². The van der Waals surface area contributed by atoms with Gasteiger partial charge in [0.1, 0.15) is 5.82 Å². The highest BCUT2D eigenvalue weighted by atomic mass is 32.2. The fourth-order valence-electron chi connectivity index (χ4n) is 2.19. The fourth-order valence-corrected chi connectivity index (χ4v) is 3.93. The molecule has 2 heterocycles. The number of amides is 2. The Morgan fingerprint density at radius 1 is 1.33 bits per heavy atom. The summed E-state index contributed by atoms with van der Waals surface area (Å²) in [7, 11) is 0. The molecule has 1 aromatic heterocycles. The van der Waals surface area contributed by atoms with Gasteiger partial charge < -0.3 is 5.73 Å². The Morgan fingerprint density at radius 2 is 2.08 bits per heavy atom. The van der Waals surface area contributed by atoms with Gasteiger partial charge in [0.25, 0.3) is 0 Å². The molecule has 1 aliphatic rings. The van der Waals surface area contributed by atoms with E-state index in [0.717, 1.165) is 16.6 Å². The highest BCUT2D eigenvalue weighted by Gasteiger charge is 2.35. The molecule has 0 spiro atoms. The number of aliphatic imine (C=N–C) groups is 1. The van der Waals surface area contributed by atoms with Crippen LogP contribution in [-0.4, -0.2) is 27.1 Å². The van der Waals surface area contributed by atoms with E-state index in [2.05, 4.69) is 4.99 Å². The molecule has 1 fully saturated rings. The number of hydrogen-bond acceptors (Lipinski definition) is 5. The number of nitrogens with zero attached hydrogens (tertiary/aromatic N) is 2. The smallest absolute Gasteiger partial charge is 0.231 e. The van der Waals surface area contributed by atoms with Crippen molar-refractivity contribution in [3.63, 3.8) is 0 Å². The lowest BCUT2D eigenvalue weighted by molar-refractivity contribution is -0.130.